The van der Waals surface area contributed by atoms with E-state index in [2.05, 4.69) is 16.3 Å². The van der Waals surface area contributed by atoms with Crippen molar-refractivity contribution in [1.29, 1.82) is 0 Å². The largest absolute Gasteiger partial charge is 0.442 e. The molecule has 1 fully saturated rings. The molecule has 0 saturated carbocycles. The molecule has 13 heavy (non-hydrogen) atoms. The van der Waals surface area contributed by atoms with Crippen LogP contribution in [0.4, 0.5) is 0 Å². The second-order valence-electron chi connectivity index (χ2n) is 3.52. The van der Waals surface area contributed by atoms with Crippen LogP contribution >= 0.6 is 0 Å². The van der Waals surface area contributed by atoms with Gasteiger partial charge in [0, 0.05) is 6.04 Å². The molecule has 1 saturated heterocycles. The van der Waals surface area contributed by atoms with E-state index >= 15 is 0 Å². The van der Waals surface area contributed by atoms with Gasteiger partial charge in [0.15, 0.2) is 5.69 Å². The predicted molar refractivity (Wildman–Crippen MR) is 48.1 cm³/mol. The van der Waals surface area contributed by atoms with Gasteiger partial charge in [-0.3, -0.25) is 0 Å². The predicted octanol–water partition coefficient (Wildman–Crippen LogP) is 1.17. The normalized spacial score (nSPS) is 29.1. The summed E-state index contributed by atoms with van der Waals surface area (Å²) < 4.78 is 9.86. The highest BCUT2D eigenvalue weighted by atomic mass is 16.5. The fourth-order valence-electron chi connectivity index (χ4n) is 1.20. The average molecular weight is 182 g/mol. The Hall–Kier alpha value is -0.870. The van der Waals surface area contributed by atoms with Crippen molar-refractivity contribution < 1.29 is 9.15 Å². The Bertz CT molecular complexity index is 243. The van der Waals surface area contributed by atoms with Gasteiger partial charge in [0.1, 0.15) is 6.26 Å². The first-order valence-corrected chi connectivity index (χ1v) is 4.59. The van der Waals surface area contributed by atoms with Gasteiger partial charge < -0.3 is 14.9 Å². The van der Waals surface area contributed by atoms with Gasteiger partial charge in [-0.05, 0) is 19.8 Å². The van der Waals surface area contributed by atoms with Gasteiger partial charge in [0.25, 0.3) is 0 Å². The lowest BCUT2D eigenvalue weighted by atomic mass is 10.1. The summed E-state index contributed by atoms with van der Waals surface area (Å²) in [6, 6.07) is 0.297. The minimum absolute atomic E-state index is 0.297. The van der Waals surface area contributed by atoms with E-state index in [-0.39, 0.29) is 0 Å². The monoisotopic (exact) mass is 182 g/mol. The maximum atomic E-state index is 5.57. The smallest absolute Gasteiger partial charge is 0.249 e. The van der Waals surface area contributed by atoms with E-state index in [1.54, 1.807) is 6.26 Å². The van der Waals surface area contributed by atoms with Crippen LogP contribution in [0.15, 0.2) is 10.7 Å². The molecule has 0 aromatic carbocycles. The summed E-state index contributed by atoms with van der Waals surface area (Å²) in [6.45, 7) is 2.84. The molecule has 2 atom stereocenters. The van der Waals surface area contributed by atoms with Crippen LogP contribution in [-0.4, -0.2) is 23.7 Å². The van der Waals surface area contributed by atoms with Gasteiger partial charge in [-0.1, -0.05) is 0 Å². The number of ether oxygens (including phenoxy) is 1. The summed E-state index contributed by atoms with van der Waals surface area (Å²) in [5.74, 6) is 0.838. The Kier molecular flexibility index (Phi) is 2.33. The van der Waals surface area contributed by atoms with E-state index in [1.165, 1.54) is 0 Å². The fourth-order valence-corrected chi connectivity index (χ4v) is 1.20. The zero-order chi connectivity index (χ0) is 9.26. The molecule has 3 rings (SSSR count). The molecule has 4 heteroatoms. The molecule has 3 aliphatic rings. The molecule has 0 amide bonds. The lowest BCUT2D eigenvalue weighted by molar-refractivity contribution is 0.0172. The van der Waals surface area contributed by atoms with E-state index < -0.39 is 0 Å². The highest BCUT2D eigenvalue weighted by molar-refractivity contribution is 5.60. The van der Waals surface area contributed by atoms with Crippen LogP contribution in [0.3, 0.4) is 0 Å². The van der Waals surface area contributed by atoms with Crippen LogP contribution in [0.2, 0.25) is 0 Å². The summed E-state index contributed by atoms with van der Waals surface area (Å²) in [5, 5.41) is 0. The van der Waals surface area contributed by atoms with E-state index in [0.717, 1.165) is 31.0 Å². The van der Waals surface area contributed by atoms with Gasteiger partial charge in [-0.2, -0.15) is 0 Å². The van der Waals surface area contributed by atoms with Crippen LogP contribution in [0.1, 0.15) is 19.8 Å². The van der Waals surface area contributed by atoms with Crippen LogP contribution in [0.5, 0.6) is 0 Å². The van der Waals surface area contributed by atoms with E-state index in [1.807, 2.05) is 0 Å². The van der Waals surface area contributed by atoms with Crippen molar-refractivity contribution in [1.82, 2.24) is 4.98 Å². The molecule has 0 aromatic rings. The molecule has 3 heterocycles. The Morgan fingerprint density at radius 3 is 2.54 bits per heavy atom. The van der Waals surface area contributed by atoms with Gasteiger partial charge in [0.05, 0.1) is 12.7 Å². The number of oxazole rings is 1. The molecule has 0 radical (unpaired) electrons. The van der Waals surface area contributed by atoms with Crippen molar-refractivity contribution in [3.63, 3.8) is 0 Å². The highest BCUT2D eigenvalue weighted by Gasteiger charge is 2.20. The molecule has 3 aliphatic heterocycles. The SMILES string of the molecule is C[C@H]1CC[C@@H](N)CO1.c1oc2nc1-2. The van der Waals surface area contributed by atoms with Gasteiger partial charge in [-0.25, -0.2) is 4.98 Å². The minimum Gasteiger partial charge on any atom is -0.442 e. The molecule has 0 bridgehead atoms. The number of rotatable bonds is 0. The summed E-state index contributed by atoms with van der Waals surface area (Å²) in [7, 11) is 0. The average Bonchev–Trinajstić information content (AvgIpc) is 2.66. The number of hydrogen-bond donors (Lipinski definition) is 1. The van der Waals surface area contributed by atoms with Crippen molar-refractivity contribution in [2.45, 2.75) is 31.9 Å². The maximum Gasteiger partial charge on any atom is 0.249 e. The van der Waals surface area contributed by atoms with Crippen LogP contribution in [0, 0.1) is 0 Å². The van der Waals surface area contributed by atoms with Crippen LogP contribution < -0.4 is 5.73 Å². The third-order valence-corrected chi connectivity index (χ3v) is 2.21. The second-order valence-corrected chi connectivity index (χ2v) is 3.52. The van der Waals surface area contributed by atoms with Crippen molar-refractivity contribution in [3.8, 4) is 11.6 Å². The van der Waals surface area contributed by atoms with Crippen molar-refractivity contribution in [3.05, 3.63) is 6.26 Å². The maximum absolute atomic E-state index is 5.57. The fraction of sp³-hybridized carbons (Fsp3) is 0.667. The van der Waals surface area contributed by atoms with Crippen molar-refractivity contribution in [2.75, 3.05) is 6.61 Å². The third-order valence-electron chi connectivity index (χ3n) is 2.21. The van der Waals surface area contributed by atoms with Gasteiger partial charge >= 0.3 is 0 Å². The van der Waals surface area contributed by atoms with Crippen LogP contribution in [-0.2, 0) is 4.74 Å². The highest BCUT2D eigenvalue weighted by Crippen LogP contribution is 2.29. The Balaban J connectivity index is 0.000000110. The molecular formula is C9H14N2O2. The second kappa shape index (κ2) is 3.47. The number of hydrogen-bond acceptors (Lipinski definition) is 4. The number of nitrogens with two attached hydrogens (primary N) is 1. The Morgan fingerprint density at radius 1 is 1.54 bits per heavy atom. The van der Waals surface area contributed by atoms with Gasteiger partial charge in [-0.15, -0.1) is 0 Å². The third kappa shape index (κ3) is 2.29. The molecule has 4 nitrogen and oxygen atoms in total. The summed E-state index contributed by atoms with van der Waals surface area (Å²) in [5.41, 5.74) is 6.62. The first-order chi connectivity index (χ1) is 6.25. The number of fused-ring (bicyclic) bond motifs is 1. The van der Waals surface area contributed by atoms with Crippen molar-refractivity contribution in [2.24, 2.45) is 5.73 Å². The molecule has 0 spiro atoms. The van der Waals surface area contributed by atoms with E-state index in [4.69, 9.17) is 10.5 Å². The molecule has 0 aromatic heterocycles. The lowest BCUT2D eigenvalue weighted by Gasteiger charge is -2.23. The van der Waals surface area contributed by atoms with Crippen molar-refractivity contribution >= 4 is 0 Å². The summed E-state index contributed by atoms with van der Waals surface area (Å²) >= 11 is 0. The molecule has 0 aliphatic carbocycles. The molecule has 72 valence electrons. The molecule has 2 N–H and O–H groups in total. The lowest BCUT2D eigenvalue weighted by Crippen LogP contribution is -2.34. The standard InChI is InChI=1S/C6H13NO.C3HNO/c1-5-2-3-6(7)4-8-5;1-2-3(4-2)5-1/h5-6H,2-4,7H2,1H3;1H/t5-,6+;/m0./s1. The number of nitrogens with zero attached hydrogens (tertiary/aromatic N) is 1. The van der Waals surface area contributed by atoms with E-state index in [9.17, 15) is 0 Å². The Labute approximate surface area is 77.1 Å². The molecule has 0 unspecified atom stereocenters. The number of aromatic nitrogens is 1. The topological polar surface area (TPSA) is 61.3 Å². The first kappa shape index (κ1) is 8.72. The van der Waals surface area contributed by atoms with Crippen LogP contribution in [0.25, 0.3) is 11.6 Å². The quantitative estimate of drug-likeness (QED) is 0.664. The first-order valence-electron chi connectivity index (χ1n) is 4.59. The molecular weight excluding hydrogens is 168 g/mol. The summed E-state index contributed by atoms with van der Waals surface area (Å²) in [6.07, 6.45) is 4.33. The zero-order valence-corrected chi connectivity index (χ0v) is 7.69. The van der Waals surface area contributed by atoms with E-state index in [0.29, 0.717) is 12.1 Å². The van der Waals surface area contributed by atoms with Gasteiger partial charge in [0.2, 0.25) is 5.89 Å². The zero-order valence-electron chi connectivity index (χ0n) is 7.69. The summed E-state index contributed by atoms with van der Waals surface area (Å²) in [4.78, 5) is 3.72. The Morgan fingerprint density at radius 2 is 2.31 bits per heavy atom. The minimum atomic E-state index is 0.297.